The fourth-order valence-electron chi connectivity index (χ4n) is 1.40. The van der Waals surface area contributed by atoms with Crippen molar-refractivity contribution in [2.45, 2.75) is 19.4 Å². The molecule has 0 bridgehead atoms. The van der Waals surface area contributed by atoms with Gasteiger partial charge < -0.3 is 9.12 Å². The monoisotopic (exact) mass is 224 g/mol. The third-order valence-corrected chi connectivity index (χ3v) is 2.66. The highest BCUT2D eigenvalue weighted by Gasteiger charge is 2.12. The molecule has 80 valence electrons. The normalized spacial score (nSPS) is 12.7. The lowest BCUT2D eigenvalue weighted by atomic mass is 9.88. The van der Waals surface area contributed by atoms with Crippen LogP contribution in [0.2, 0.25) is 0 Å². The molecule has 0 aliphatic heterocycles. The minimum atomic E-state index is -0.117. The fourth-order valence-corrected chi connectivity index (χ4v) is 1.82. The topological polar surface area (TPSA) is 54.3 Å². The molecule has 1 rings (SSSR count). The molecule has 15 heavy (non-hydrogen) atoms. The van der Waals surface area contributed by atoms with Gasteiger partial charge in [-0.3, -0.25) is 4.79 Å². The Morgan fingerprint density at radius 3 is 2.93 bits per heavy atom. The largest absolute Gasteiger partial charge is 0.319 e. The predicted octanol–water partition coefficient (Wildman–Crippen LogP) is 0.341. The molecular formula is C9H13BN2O2S. The van der Waals surface area contributed by atoms with E-state index >= 15 is 0 Å². The first-order valence-electron chi connectivity index (χ1n) is 4.62. The van der Waals surface area contributed by atoms with Crippen molar-refractivity contribution in [3.63, 3.8) is 0 Å². The van der Waals surface area contributed by atoms with Gasteiger partial charge in [0, 0.05) is 25.4 Å². The van der Waals surface area contributed by atoms with Crippen LogP contribution in [0.3, 0.4) is 0 Å². The van der Waals surface area contributed by atoms with Gasteiger partial charge in [-0.25, -0.2) is 4.72 Å². The second-order valence-corrected chi connectivity index (χ2v) is 3.72. The van der Waals surface area contributed by atoms with Crippen LogP contribution < -0.4 is 15.7 Å². The van der Waals surface area contributed by atoms with Crippen molar-refractivity contribution in [1.29, 1.82) is 0 Å². The molecule has 1 heterocycles. The van der Waals surface area contributed by atoms with Crippen LogP contribution in [-0.4, -0.2) is 17.0 Å². The number of nitrogens with one attached hydrogen (secondary N) is 1. The molecule has 2 N–H and O–H groups in total. The number of hydrogen-bond acceptors (Lipinski definition) is 4. The third-order valence-electron chi connectivity index (χ3n) is 2.27. The predicted molar refractivity (Wildman–Crippen MR) is 63.5 cm³/mol. The second-order valence-electron chi connectivity index (χ2n) is 3.30. The van der Waals surface area contributed by atoms with Gasteiger partial charge in [0.05, 0.1) is 12.2 Å². The lowest BCUT2D eigenvalue weighted by molar-refractivity contribution is 0.597. The van der Waals surface area contributed by atoms with E-state index in [9.17, 15) is 4.79 Å². The second kappa shape index (κ2) is 5.39. The van der Waals surface area contributed by atoms with Gasteiger partial charge in [0.2, 0.25) is 0 Å². The molecule has 0 aliphatic rings. The van der Waals surface area contributed by atoms with Crippen LogP contribution in [0.4, 0.5) is 0 Å². The van der Waals surface area contributed by atoms with Crippen molar-refractivity contribution < 1.29 is 4.55 Å². The van der Waals surface area contributed by atoms with E-state index in [1.807, 2.05) is 6.92 Å². The summed E-state index contributed by atoms with van der Waals surface area (Å²) in [6.45, 7) is 1.95. The van der Waals surface area contributed by atoms with E-state index in [0.717, 1.165) is 12.0 Å². The van der Waals surface area contributed by atoms with Gasteiger partial charge in [0.1, 0.15) is 7.85 Å². The molecule has 0 amide bonds. The Morgan fingerprint density at radius 2 is 2.40 bits per heavy atom. The molecule has 0 aromatic carbocycles. The average molecular weight is 224 g/mol. The standard InChI is InChI=1S/C9H13BN2O2S/c1-3-8(11-15-14)6-4-9(13)12(2)5-7(6)10/h4-5,8,11,14H,3H2,1-2H3. The first kappa shape index (κ1) is 12.4. The Morgan fingerprint density at radius 1 is 1.73 bits per heavy atom. The molecule has 1 unspecified atom stereocenters. The summed E-state index contributed by atoms with van der Waals surface area (Å²) in [5.41, 5.74) is 1.16. The maximum Gasteiger partial charge on any atom is 0.250 e. The van der Waals surface area contributed by atoms with Gasteiger partial charge in [-0.2, -0.15) is 0 Å². The third kappa shape index (κ3) is 2.87. The van der Waals surface area contributed by atoms with Crippen LogP contribution in [0.25, 0.3) is 0 Å². The van der Waals surface area contributed by atoms with E-state index in [4.69, 9.17) is 12.4 Å². The van der Waals surface area contributed by atoms with E-state index in [0.29, 0.717) is 17.7 Å². The van der Waals surface area contributed by atoms with Crippen molar-refractivity contribution >= 4 is 25.5 Å². The Labute approximate surface area is 94.4 Å². The van der Waals surface area contributed by atoms with E-state index in [-0.39, 0.29) is 11.6 Å². The van der Waals surface area contributed by atoms with Gasteiger partial charge in [0.15, 0.2) is 0 Å². The molecule has 0 saturated carbocycles. The SMILES string of the molecule is [B]c1cn(C)c(=O)cc1C(CC)NSO. The highest BCUT2D eigenvalue weighted by atomic mass is 32.2. The molecule has 4 nitrogen and oxygen atoms in total. The minimum Gasteiger partial charge on any atom is -0.319 e. The molecule has 0 spiro atoms. The van der Waals surface area contributed by atoms with E-state index < -0.39 is 0 Å². The van der Waals surface area contributed by atoms with Crippen LogP contribution in [0.1, 0.15) is 24.9 Å². The maximum atomic E-state index is 11.4. The van der Waals surface area contributed by atoms with Gasteiger partial charge in [-0.15, -0.1) is 0 Å². The van der Waals surface area contributed by atoms with E-state index in [2.05, 4.69) is 4.72 Å². The van der Waals surface area contributed by atoms with E-state index in [1.54, 1.807) is 13.2 Å². The Bertz CT molecular complexity index is 394. The number of aromatic nitrogens is 1. The van der Waals surface area contributed by atoms with Crippen LogP contribution in [0, 0.1) is 0 Å². The molecule has 0 saturated heterocycles. The Kier molecular flexibility index (Phi) is 4.44. The number of rotatable bonds is 4. The summed E-state index contributed by atoms with van der Waals surface area (Å²) in [5.74, 6) is 0. The summed E-state index contributed by atoms with van der Waals surface area (Å²) in [6, 6.07) is 1.38. The highest BCUT2D eigenvalue weighted by molar-refractivity contribution is 7.91. The summed E-state index contributed by atoms with van der Waals surface area (Å²) in [4.78, 5) is 11.4. The molecule has 1 atom stereocenters. The average Bonchev–Trinajstić information content (AvgIpc) is 2.20. The van der Waals surface area contributed by atoms with Crippen molar-refractivity contribution in [2.75, 3.05) is 0 Å². The molecular weight excluding hydrogens is 211 g/mol. The number of nitrogens with zero attached hydrogens (tertiary/aromatic N) is 1. The van der Waals surface area contributed by atoms with Crippen LogP contribution in [0.5, 0.6) is 0 Å². The zero-order valence-corrected chi connectivity index (χ0v) is 9.54. The number of hydrogen-bond donors (Lipinski definition) is 2. The molecule has 1 aromatic rings. The van der Waals surface area contributed by atoms with Crippen molar-refractivity contribution in [2.24, 2.45) is 7.05 Å². The minimum absolute atomic E-state index is 0.109. The van der Waals surface area contributed by atoms with Crippen molar-refractivity contribution in [3.8, 4) is 0 Å². The summed E-state index contributed by atoms with van der Waals surface area (Å²) in [6.07, 6.45) is 2.33. The fraction of sp³-hybridized carbons (Fsp3) is 0.444. The molecule has 1 aromatic heterocycles. The Hall–Kier alpha value is -0.715. The quantitative estimate of drug-likeness (QED) is 0.440. The molecule has 0 fully saturated rings. The van der Waals surface area contributed by atoms with Gasteiger partial charge in [0.25, 0.3) is 5.56 Å². The lowest BCUT2D eigenvalue weighted by Crippen LogP contribution is -2.29. The van der Waals surface area contributed by atoms with Gasteiger partial charge >= 0.3 is 0 Å². The molecule has 2 radical (unpaired) electrons. The van der Waals surface area contributed by atoms with E-state index in [1.165, 1.54) is 10.6 Å². The van der Waals surface area contributed by atoms with Crippen LogP contribution in [0.15, 0.2) is 17.1 Å². The number of pyridine rings is 1. The zero-order valence-electron chi connectivity index (χ0n) is 8.73. The van der Waals surface area contributed by atoms with Crippen LogP contribution >= 0.6 is 12.2 Å². The van der Waals surface area contributed by atoms with Crippen LogP contribution in [-0.2, 0) is 7.05 Å². The summed E-state index contributed by atoms with van der Waals surface area (Å²) >= 11 is 0.534. The summed E-state index contributed by atoms with van der Waals surface area (Å²) in [7, 11) is 7.46. The van der Waals surface area contributed by atoms with Gasteiger partial charge in [-0.1, -0.05) is 12.4 Å². The maximum absolute atomic E-state index is 11.4. The highest BCUT2D eigenvalue weighted by Crippen LogP contribution is 2.14. The summed E-state index contributed by atoms with van der Waals surface area (Å²) in [5, 5.41) is 0. The number of aryl methyl sites for hydroxylation is 1. The van der Waals surface area contributed by atoms with Crippen molar-refractivity contribution in [3.05, 3.63) is 28.2 Å². The molecule has 6 heteroatoms. The summed E-state index contributed by atoms with van der Waals surface area (Å²) < 4.78 is 12.9. The Balaban J connectivity index is 3.12. The first-order valence-corrected chi connectivity index (χ1v) is 5.39. The zero-order chi connectivity index (χ0) is 11.4. The lowest BCUT2D eigenvalue weighted by Gasteiger charge is -2.17. The van der Waals surface area contributed by atoms with Gasteiger partial charge in [-0.05, 0) is 12.0 Å². The first-order chi connectivity index (χ1) is 7.10. The molecule has 0 aliphatic carbocycles. The van der Waals surface area contributed by atoms with Crippen molar-refractivity contribution in [1.82, 2.24) is 9.29 Å². The smallest absolute Gasteiger partial charge is 0.250 e.